The van der Waals surface area contributed by atoms with Gasteiger partial charge in [-0.25, -0.2) is 0 Å². The minimum Gasteiger partial charge on any atom is -0.341 e. The van der Waals surface area contributed by atoms with E-state index in [0.29, 0.717) is 11.8 Å². The van der Waals surface area contributed by atoms with E-state index < -0.39 is 0 Å². The number of pyridine rings is 1. The van der Waals surface area contributed by atoms with Gasteiger partial charge >= 0.3 is 0 Å². The largest absolute Gasteiger partial charge is 0.341 e. The second-order valence-electron chi connectivity index (χ2n) is 8.39. The molecule has 4 saturated carbocycles. The Morgan fingerprint density at radius 1 is 1.00 bits per heavy atom. The monoisotopic (exact) mass is 296 g/mol. The Morgan fingerprint density at radius 3 is 2.09 bits per heavy atom. The molecule has 0 atom stereocenters. The highest BCUT2D eigenvalue weighted by Gasteiger charge is 2.56. The minimum atomic E-state index is 0.0396. The van der Waals surface area contributed by atoms with Crippen LogP contribution in [-0.2, 0) is 4.79 Å². The zero-order valence-electron chi connectivity index (χ0n) is 13.1. The van der Waals surface area contributed by atoms with Gasteiger partial charge in [-0.05, 0) is 74.0 Å². The second kappa shape index (κ2) is 4.56. The SMILES string of the molecule is O=C(N1CC(c2ccncc2)C1)C12CC3CC(CC(C3)C1)C2. The van der Waals surface area contributed by atoms with Gasteiger partial charge in [0.15, 0.2) is 0 Å². The molecule has 5 fully saturated rings. The van der Waals surface area contributed by atoms with Crippen molar-refractivity contribution in [2.24, 2.45) is 23.2 Å². The standard InChI is InChI=1S/C19H24N2O/c22-18(21-11-17(12-21)16-1-3-20-4-2-16)19-8-13-5-14(9-19)7-15(6-13)10-19/h1-4,13-15,17H,5-12H2. The lowest BCUT2D eigenvalue weighted by atomic mass is 9.49. The molecule has 1 aromatic rings. The van der Waals surface area contributed by atoms with Gasteiger partial charge in [-0.1, -0.05) is 0 Å². The number of likely N-dealkylation sites (tertiary alicyclic amines) is 1. The number of carbonyl (C=O) groups excluding carboxylic acids is 1. The smallest absolute Gasteiger partial charge is 0.228 e. The number of aromatic nitrogens is 1. The quantitative estimate of drug-likeness (QED) is 0.839. The average Bonchev–Trinajstić information content (AvgIpc) is 2.45. The number of hydrogen-bond donors (Lipinski definition) is 0. The second-order valence-corrected chi connectivity index (χ2v) is 8.39. The maximum atomic E-state index is 13.2. The highest BCUT2D eigenvalue weighted by atomic mass is 16.2. The van der Waals surface area contributed by atoms with E-state index in [-0.39, 0.29) is 5.41 Å². The first kappa shape index (κ1) is 13.1. The summed E-state index contributed by atoms with van der Waals surface area (Å²) in [4.78, 5) is 19.4. The topological polar surface area (TPSA) is 33.2 Å². The highest BCUT2D eigenvalue weighted by molar-refractivity contribution is 5.84. The van der Waals surface area contributed by atoms with Gasteiger partial charge in [0.25, 0.3) is 0 Å². The number of rotatable bonds is 2. The average molecular weight is 296 g/mol. The summed E-state index contributed by atoms with van der Waals surface area (Å²) in [5.74, 6) is 3.59. The third-order valence-corrected chi connectivity index (χ3v) is 6.84. The van der Waals surface area contributed by atoms with Gasteiger partial charge in [0.2, 0.25) is 5.91 Å². The van der Waals surface area contributed by atoms with Crippen molar-refractivity contribution in [2.75, 3.05) is 13.1 Å². The molecule has 6 rings (SSSR count). The van der Waals surface area contributed by atoms with Crippen LogP contribution < -0.4 is 0 Å². The van der Waals surface area contributed by atoms with E-state index in [9.17, 15) is 4.79 Å². The molecule has 4 bridgehead atoms. The molecule has 0 unspecified atom stereocenters. The molecule has 22 heavy (non-hydrogen) atoms. The first-order valence-corrected chi connectivity index (χ1v) is 8.91. The van der Waals surface area contributed by atoms with Crippen molar-refractivity contribution in [1.82, 2.24) is 9.88 Å². The molecular formula is C19H24N2O. The molecule has 0 spiro atoms. The number of nitrogens with zero attached hydrogens (tertiary/aromatic N) is 2. The molecule has 2 heterocycles. The number of carbonyl (C=O) groups is 1. The van der Waals surface area contributed by atoms with Gasteiger partial charge in [-0.3, -0.25) is 9.78 Å². The summed E-state index contributed by atoms with van der Waals surface area (Å²) in [6.07, 6.45) is 11.5. The Hall–Kier alpha value is -1.38. The lowest BCUT2D eigenvalue weighted by molar-refractivity contribution is -0.162. The fraction of sp³-hybridized carbons (Fsp3) is 0.684. The van der Waals surface area contributed by atoms with Crippen molar-refractivity contribution >= 4 is 5.91 Å². The molecule has 1 saturated heterocycles. The maximum absolute atomic E-state index is 13.2. The molecule has 1 aromatic heterocycles. The number of hydrogen-bond acceptors (Lipinski definition) is 2. The van der Waals surface area contributed by atoms with Gasteiger partial charge in [0.05, 0.1) is 5.41 Å². The summed E-state index contributed by atoms with van der Waals surface area (Å²) in [7, 11) is 0. The zero-order valence-corrected chi connectivity index (χ0v) is 13.1. The normalized spacial score (nSPS) is 39.8. The summed E-state index contributed by atoms with van der Waals surface area (Å²) in [6, 6.07) is 4.19. The molecule has 0 N–H and O–H groups in total. The maximum Gasteiger partial charge on any atom is 0.228 e. The molecule has 1 amide bonds. The predicted octanol–water partition coefficient (Wildman–Crippen LogP) is 3.22. The van der Waals surface area contributed by atoms with E-state index in [0.717, 1.165) is 30.8 Å². The third-order valence-electron chi connectivity index (χ3n) is 6.84. The molecule has 1 aliphatic heterocycles. The van der Waals surface area contributed by atoms with Crippen LogP contribution in [0.3, 0.4) is 0 Å². The van der Waals surface area contributed by atoms with Gasteiger partial charge in [0, 0.05) is 31.4 Å². The van der Waals surface area contributed by atoms with Gasteiger partial charge in [-0.15, -0.1) is 0 Å². The van der Waals surface area contributed by atoms with Crippen molar-refractivity contribution in [3.63, 3.8) is 0 Å². The first-order chi connectivity index (χ1) is 10.7. The summed E-state index contributed by atoms with van der Waals surface area (Å²) in [6.45, 7) is 1.84. The Labute approximate surface area is 132 Å². The Morgan fingerprint density at radius 2 is 1.55 bits per heavy atom. The van der Waals surface area contributed by atoms with E-state index in [2.05, 4.69) is 22.0 Å². The molecule has 0 radical (unpaired) electrons. The lowest BCUT2D eigenvalue weighted by Gasteiger charge is -2.58. The zero-order chi connectivity index (χ0) is 14.7. The van der Waals surface area contributed by atoms with Crippen LogP contribution in [0.5, 0.6) is 0 Å². The van der Waals surface area contributed by atoms with Crippen LogP contribution in [0.25, 0.3) is 0 Å². The van der Waals surface area contributed by atoms with Crippen molar-refractivity contribution < 1.29 is 4.79 Å². The summed E-state index contributed by atoms with van der Waals surface area (Å²) >= 11 is 0. The summed E-state index contributed by atoms with van der Waals surface area (Å²) in [5.41, 5.74) is 1.38. The molecule has 0 aromatic carbocycles. The molecule has 3 heteroatoms. The van der Waals surface area contributed by atoms with E-state index in [4.69, 9.17) is 0 Å². The fourth-order valence-electron chi connectivity index (χ4n) is 6.20. The predicted molar refractivity (Wildman–Crippen MR) is 84.2 cm³/mol. The molecule has 5 aliphatic rings. The summed E-state index contributed by atoms with van der Waals surface area (Å²) < 4.78 is 0. The van der Waals surface area contributed by atoms with Crippen molar-refractivity contribution in [3.8, 4) is 0 Å². The Kier molecular flexibility index (Phi) is 2.71. The molecule has 4 aliphatic carbocycles. The van der Waals surface area contributed by atoms with Gasteiger partial charge in [0.1, 0.15) is 0 Å². The Bertz CT molecular complexity index is 555. The number of amides is 1. The highest BCUT2D eigenvalue weighted by Crippen LogP contribution is 2.60. The van der Waals surface area contributed by atoms with Crippen molar-refractivity contribution in [1.29, 1.82) is 0 Å². The van der Waals surface area contributed by atoms with Crippen LogP contribution in [0.2, 0.25) is 0 Å². The van der Waals surface area contributed by atoms with Gasteiger partial charge < -0.3 is 4.90 Å². The van der Waals surface area contributed by atoms with E-state index in [1.54, 1.807) is 0 Å². The van der Waals surface area contributed by atoms with Crippen LogP contribution in [0.4, 0.5) is 0 Å². The van der Waals surface area contributed by atoms with E-state index in [1.165, 1.54) is 44.1 Å². The van der Waals surface area contributed by atoms with Crippen LogP contribution in [0.15, 0.2) is 24.5 Å². The molecule has 116 valence electrons. The molecule has 3 nitrogen and oxygen atoms in total. The minimum absolute atomic E-state index is 0.0396. The van der Waals surface area contributed by atoms with Crippen LogP contribution in [-0.4, -0.2) is 28.9 Å². The van der Waals surface area contributed by atoms with Crippen LogP contribution in [0.1, 0.15) is 50.0 Å². The van der Waals surface area contributed by atoms with Gasteiger partial charge in [-0.2, -0.15) is 0 Å². The van der Waals surface area contributed by atoms with E-state index in [1.807, 2.05) is 12.4 Å². The fourth-order valence-corrected chi connectivity index (χ4v) is 6.20. The van der Waals surface area contributed by atoms with E-state index >= 15 is 0 Å². The third kappa shape index (κ3) is 1.87. The lowest BCUT2D eigenvalue weighted by Crippen LogP contribution is -2.59. The first-order valence-electron chi connectivity index (χ1n) is 8.91. The Balaban J connectivity index is 1.30. The summed E-state index contributed by atoms with van der Waals surface area (Å²) in [5, 5.41) is 0. The van der Waals surface area contributed by atoms with Crippen LogP contribution in [0, 0.1) is 23.2 Å². The van der Waals surface area contributed by atoms with Crippen molar-refractivity contribution in [2.45, 2.75) is 44.4 Å². The molecular weight excluding hydrogens is 272 g/mol. The van der Waals surface area contributed by atoms with Crippen LogP contribution >= 0.6 is 0 Å². The van der Waals surface area contributed by atoms with Crippen molar-refractivity contribution in [3.05, 3.63) is 30.1 Å².